The van der Waals surface area contributed by atoms with Gasteiger partial charge in [-0.3, -0.25) is 4.90 Å². The molecule has 1 fully saturated rings. The largest absolute Gasteiger partial charge is 0.298 e. The Morgan fingerprint density at radius 2 is 1.46 bits per heavy atom. The first-order valence-electron chi connectivity index (χ1n) is 9.73. The van der Waals surface area contributed by atoms with Crippen LogP contribution in [-0.2, 0) is 6.54 Å². The Hall–Kier alpha value is -1.59. The fraction of sp³-hybridized carbons (Fsp3) is 0.318. The molecule has 0 bridgehead atoms. The molecule has 6 heteroatoms. The topological polar surface area (TPSA) is 21.1 Å². The van der Waals surface area contributed by atoms with E-state index in [2.05, 4.69) is 24.1 Å². The lowest BCUT2D eigenvalue weighted by Gasteiger charge is -2.35. The van der Waals surface area contributed by atoms with E-state index >= 15 is 0 Å². The zero-order valence-corrected chi connectivity index (χ0v) is 18.8. The first-order chi connectivity index (χ1) is 13.4. The predicted octanol–water partition coefficient (Wildman–Crippen LogP) is 6.37. The van der Waals surface area contributed by atoms with Crippen molar-refractivity contribution in [3.05, 3.63) is 70.3 Å². The highest BCUT2D eigenvalue weighted by molar-refractivity contribution is 6.77. The van der Waals surface area contributed by atoms with E-state index in [0.29, 0.717) is 0 Å². The summed E-state index contributed by atoms with van der Waals surface area (Å²) < 4.78 is 2.01. The lowest BCUT2D eigenvalue weighted by atomic mass is 10.1. The van der Waals surface area contributed by atoms with Gasteiger partial charge in [0.1, 0.15) is 0 Å². The van der Waals surface area contributed by atoms with Crippen LogP contribution in [0.4, 0.5) is 0 Å². The van der Waals surface area contributed by atoms with Crippen molar-refractivity contribution in [1.82, 2.24) is 14.7 Å². The highest BCUT2D eigenvalue weighted by Gasteiger charge is 2.27. The zero-order valence-electron chi connectivity index (χ0n) is 16.3. The summed E-state index contributed by atoms with van der Waals surface area (Å²) in [5.41, 5.74) is 4.28. The van der Waals surface area contributed by atoms with Gasteiger partial charge in [0.05, 0.1) is 17.1 Å². The molecule has 0 amide bonds. The quantitative estimate of drug-likeness (QED) is 0.449. The van der Waals surface area contributed by atoms with Crippen molar-refractivity contribution in [3.8, 4) is 16.9 Å². The summed E-state index contributed by atoms with van der Waals surface area (Å²) in [6.07, 6.45) is 0. The second-order valence-corrected chi connectivity index (χ2v) is 14.6. The van der Waals surface area contributed by atoms with Crippen LogP contribution < -0.4 is 0 Å². The number of hydrogen-bond donors (Lipinski definition) is 0. The van der Waals surface area contributed by atoms with E-state index in [1.807, 2.05) is 53.2 Å². The molecule has 1 saturated heterocycles. The number of benzene rings is 2. The van der Waals surface area contributed by atoms with E-state index in [9.17, 15) is 0 Å². The normalized spacial score (nSPS) is 17.0. The van der Waals surface area contributed by atoms with Crippen molar-refractivity contribution in [2.24, 2.45) is 0 Å². The fourth-order valence-electron chi connectivity index (χ4n) is 3.66. The van der Waals surface area contributed by atoms with Crippen molar-refractivity contribution in [2.75, 3.05) is 13.1 Å². The van der Waals surface area contributed by atoms with E-state index in [1.165, 1.54) is 25.2 Å². The molecule has 0 aliphatic carbocycles. The third-order valence-electron chi connectivity index (χ3n) is 5.57. The minimum Gasteiger partial charge on any atom is -0.298 e. The lowest BCUT2D eigenvalue weighted by Crippen LogP contribution is -2.42. The van der Waals surface area contributed by atoms with E-state index < -0.39 is 8.07 Å². The van der Waals surface area contributed by atoms with Gasteiger partial charge < -0.3 is 0 Å². The molecule has 1 aliphatic heterocycles. The first-order valence-corrected chi connectivity index (χ1v) is 13.9. The van der Waals surface area contributed by atoms with Crippen molar-refractivity contribution in [2.45, 2.75) is 31.7 Å². The number of halogens is 2. The third kappa shape index (κ3) is 4.52. The summed E-state index contributed by atoms with van der Waals surface area (Å²) >= 11 is 12.2. The van der Waals surface area contributed by atoms with Gasteiger partial charge in [-0.15, -0.1) is 0 Å². The molecule has 0 spiro atoms. The fourth-order valence-corrected chi connectivity index (χ4v) is 6.00. The van der Waals surface area contributed by atoms with Crippen LogP contribution in [0, 0.1) is 0 Å². The predicted molar refractivity (Wildman–Crippen MR) is 121 cm³/mol. The van der Waals surface area contributed by atoms with Gasteiger partial charge in [-0.1, -0.05) is 48.4 Å². The monoisotopic (exact) mass is 429 g/mol. The average molecular weight is 430 g/mol. The van der Waals surface area contributed by atoms with Crippen LogP contribution in [-0.4, -0.2) is 35.8 Å². The van der Waals surface area contributed by atoms with Gasteiger partial charge >= 0.3 is 0 Å². The zero-order chi connectivity index (χ0) is 19.7. The van der Waals surface area contributed by atoms with Crippen LogP contribution in [0.25, 0.3) is 16.9 Å². The van der Waals surface area contributed by atoms with E-state index in [1.54, 1.807) is 0 Å². The molecule has 0 atom stereocenters. The second-order valence-electron chi connectivity index (χ2n) is 8.36. The molecule has 1 aliphatic rings. The van der Waals surface area contributed by atoms with E-state index in [-0.39, 0.29) is 0 Å². The van der Waals surface area contributed by atoms with Crippen LogP contribution in [0.1, 0.15) is 5.69 Å². The highest BCUT2D eigenvalue weighted by Crippen LogP contribution is 2.28. The van der Waals surface area contributed by atoms with Gasteiger partial charge in [-0.05, 0) is 67.6 Å². The summed E-state index contributed by atoms with van der Waals surface area (Å²) in [6.45, 7) is 8.26. The number of hydrogen-bond acceptors (Lipinski definition) is 2. The molecule has 0 N–H and O–H groups in total. The summed E-state index contributed by atoms with van der Waals surface area (Å²) in [5, 5.41) is 6.41. The van der Waals surface area contributed by atoms with Gasteiger partial charge in [0.15, 0.2) is 0 Å². The summed E-state index contributed by atoms with van der Waals surface area (Å²) in [5.74, 6) is 0. The average Bonchev–Trinajstić information content (AvgIpc) is 3.08. The SMILES string of the molecule is C[Si]1(C)CCN(Cc2cc(-c3ccc(Cl)cc3)n(-c3ccc(Cl)cc3)n2)CC1. The molecule has 0 unspecified atom stereocenters. The maximum absolute atomic E-state index is 6.09. The molecule has 3 aromatic rings. The summed E-state index contributed by atoms with van der Waals surface area (Å²) in [7, 11) is -0.964. The maximum atomic E-state index is 6.09. The van der Waals surface area contributed by atoms with Crippen molar-refractivity contribution in [1.29, 1.82) is 0 Å². The van der Waals surface area contributed by atoms with Gasteiger partial charge in [0.25, 0.3) is 0 Å². The molecule has 1 aromatic heterocycles. The molecular formula is C22H25Cl2N3Si. The Morgan fingerprint density at radius 3 is 2.07 bits per heavy atom. The van der Waals surface area contributed by atoms with Crippen LogP contribution in [0.3, 0.4) is 0 Å². The van der Waals surface area contributed by atoms with Gasteiger partial charge in [-0.2, -0.15) is 5.10 Å². The Balaban J connectivity index is 1.66. The Morgan fingerprint density at radius 1 is 0.893 bits per heavy atom. The Bertz CT molecular complexity index is 876. The van der Waals surface area contributed by atoms with Gasteiger partial charge in [-0.25, -0.2) is 4.68 Å². The van der Waals surface area contributed by atoms with Crippen molar-refractivity contribution < 1.29 is 0 Å². The van der Waals surface area contributed by atoms with Gasteiger partial charge in [0, 0.05) is 30.2 Å². The van der Waals surface area contributed by atoms with Crippen molar-refractivity contribution in [3.63, 3.8) is 0 Å². The Kier molecular flexibility index (Phi) is 5.65. The third-order valence-corrected chi connectivity index (χ3v) is 9.22. The molecule has 4 rings (SSSR count). The van der Waals surface area contributed by atoms with E-state index in [0.717, 1.165) is 39.2 Å². The number of aromatic nitrogens is 2. The first kappa shape index (κ1) is 19.7. The summed E-state index contributed by atoms with van der Waals surface area (Å²) in [4.78, 5) is 2.54. The lowest BCUT2D eigenvalue weighted by molar-refractivity contribution is 0.278. The minimum absolute atomic E-state index is 0.726. The number of nitrogens with zero attached hydrogens (tertiary/aromatic N) is 3. The van der Waals surface area contributed by atoms with Crippen LogP contribution in [0.15, 0.2) is 54.6 Å². The summed E-state index contributed by atoms with van der Waals surface area (Å²) in [6, 6.07) is 20.7. The molecule has 0 saturated carbocycles. The van der Waals surface area contributed by atoms with Crippen LogP contribution in [0.5, 0.6) is 0 Å². The minimum atomic E-state index is -0.964. The van der Waals surface area contributed by atoms with E-state index in [4.69, 9.17) is 28.3 Å². The molecule has 0 radical (unpaired) electrons. The second kappa shape index (κ2) is 8.03. The molecule has 3 nitrogen and oxygen atoms in total. The van der Waals surface area contributed by atoms with Gasteiger partial charge in [0.2, 0.25) is 0 Å². The standard InChI is InChI=1S/C22H25Cl2N3Si/c1-28(2)13-11-26(12-14-28)16-20-15-22(17-3-5-18(23)6-4-17)27(25-20)21-9-7-19(24)8-10-21/h3-10,15H,11-14,16H2,1-2H3. The molecular weight excluding hydrogens is 405 g/mol. The Labute approximate surface area is 177 Å². The van der Waals surface area contributed by atoms with Crippen molar-refractivity contribution >= 4 is 31.3 Å². The highest BCUT2D eigenvalue weighted by atomic mass is 35.5. The smallest absolute Gasteiger partial charge is 0.0775 e. The van der Waals surface area contributed by atoms with Crippen LogP contribution >= 0.6 is 23.2 Å². The maximum Gasteiger partial charge on any atom is 0.0775 e. The molecule has 2 aromatic carbocycles. The number of rotatable bonds is 4. The molecule has 28 heavy (non-hydrogen) atoms. The molecule has 146 valence electrons. The van der Waals surface area contributed by atoms with Crippen LogP contribution in [0.2, 0.25) is 35.2 Å². The molecule has 2 heterocycles.